The molecule has 2 nitrogen and oxygen atoms in total. The molecule has 0 bridgehead atoms. The summed E-state index contributed by atoms with van der Waals surface area (Å²) in [4.78, 5) is 4.04. The molecule has 0 aliphatic carbocycles. The maximum Gasteiger partial charge on any atom is 0.443 e. The second kappa shape index (κ2) is 4.94. The van der Waals surface area contributed by atoms with Crippen LogP contribution in [-0.2, 0) is 6.18 Å². The first-order chi connectivity index (χ1) is 6.99. The Morgan fingerprint density at radius 1 is 1.47 bits per heavy atom. The molecular formula is C9H13F3N2S. The topological polar surface area (TPSA) is 24.9 Å². The Labute approximate surface area is 90.5 Å². The zero-order valence-electron chi connectivity index (χ0n) is 8.56. The first-order valence-corrected chi connectivity index (χ1v) is 5.57. The first-order valence-electron chi connectivity index (χ1n) is 4.75. The van der Waals surface area contributed by atoms with E-state index in [4.69, 9.17) is 0 Å². The molecule has 0 amide bonds. The number of hydrogen-bond donors (Lipinski definition) is 1. The van der Waals surface area contributed by atoms with Crippen molar-refractivity contribution in [3.8, 4) is 0 Å². The molecule has 0 spiro atoms. The van der Waals surface area contributed by atoms with Crippen LogP contribution in [0.4, 0.5) is 13.2 Å². The standard InChI is InChI=1S/C9H13F3N2S/c1-3-6(13-4-2)7-5-14-8(15-7)9(10,11)12/h5-6,13H,3-4H2,1-2H3. The van der Waals surface area contributed by atoms with E-state index in [1.807, 2.05) is 13.8 Å². The zero-order chi connectivity index (χ0) is 11.5. The lowest BCUT2D eigenvalue weighted by molar-refractivity contribution is -0.137. The van der Waals surface area contributed by atoms with Gasteiger partial charge in [-0.1, -0.05) is 13.8 Å². The summed E-state index contributed by atoms with van der Waals surface area (Å²) in [5, 5.41) is 2.35. The van der Waals surface area contributed by atoms with Gasteiger partial charge in [-0.3, -0.25) is 0 Å². The Morgan fingerprint density at radius 3 is 2.53 bits per heavy atom. The maximum absolute atomic E-state index is 12.3. The summed E-state index contributed by atoms with van der Waals surface area (Å²) in [7, 11) is 0. The van der Waals surface area contributed by atoms with E-state index in [1.165, 1.54) is 6.20 Å². The number of nitrogens with one attached hydrogen (secondary N) is 1. The highest BCUT2D eigenvalue weighted by atomic mass is 32.1. The summed E-state index contributed by atoms with van der Waals surface area (Å²) in [6, 6.07) is -0.0244. The fourth-order valence-electron chi connectivity index (χ4n) is 1.27. The van der Waals surface area contributed by atoms with E-state index >= 15 is 0 Å². The number of rotatable bonds is 4. The molecule has 15 heavy (non-hydrogen) atoms. The molecule has 1 rings (SSSR count). The van der Waals surface area contributed by atoms with Crippen LogP contribution in [0.3, 0.4) is 0 Å². The van der Waals surface area contributed by atoms with Crippen molar-refractivity contribution in [3.63, 3.8) is 0 Å². The van der Waals surface area contributed by atoms with Crippen molar-refractivity contribution in [3.05, 3.63) is 16.1 Å². The third-order valence-corrected chi connectivity index (χ3v) is 3.12. The van der Waals surface area contributed by atoms with Gasteiger partial charge in [-0.05, 0) is 13.0 Å². The van der Waals surface area contributed by atoms with Crippen molar-refractivity contribution >= 4 is 11.3 Å². The molecule has 1 unspecified atom stereocenters. The number of thiazole rings is 1. The quantitative estimate of drug-likeness (QED) is 0.871. The highest BCUT2D eigenvalue weighted by molar-refractivity contribution is 7.11. The molecule has 86 valence electrons. The summed E-state index contributed by atoms with van der Waals surface area (Å²) < 4.78 is 36.8. The molecule has 0 aromatic carbocycles. The molecule has 0 saturated carbocycles. The van der Waals surface area contributed by atoms with Crippen molar-refractivity contribution in [1.82, 2.24) is 10.3 Å². The van der Waals surface area contributed by atoms with Gasteiger partial charge in [0.2, 0.25) is 0 Å². The van der Waals surface area contributed by atoms with Gasteiger partial charge in [0.25, 0.3) is 0 Å². The van der Waals surface area contributed by atoms with Crippen LogP contribution in [0.15, 0.2) is 6.20 Å². The van der Waals surface area contributed by atoms with Crippen LogP contribution >= 0.6 is 11.3 Å². The summed E-state index contributed by atoms with van der Waals surface area (Å²) in [6.07, 6.45) is -2.26. The summed E-state index contributed by atoms with van der Waals surface area (Å²) in [5.74, 6) is 0. The number of halogens is 3. The molecule has 1 atom stereocenters. The van der Waals surface area contributed by atoms with Gasteiger partial charge >= 0.3 is 6.18 Å². The number of hydrogen-bond acceptors (Lipinski definition) is 3. The monoisotopic (exact) mass is 238 g/mol. The molecule has 1 aromatic rings. The molecule has 0 aliphatic rings. The van der Waals surface area contributed by atoms with Gasteiger partial charge in [0, 0.05) is 17.1 Å². The number of nitrogens with zero attached hydrogens (tertiary/aromatic N) is 1. The van der Waals surface area contributed by atoms with E-state index < -0.39 is 11.2 Å². The molecule has 0 fully saturated rings. The predicted octanol–water partition coefficient (Wildman–Crippen LogP) is 3.22. The smallest absolute Gasteiger partial charge is 0.309 e. The Balaban J connectivity index is 2.82. The molecule has 0 radical (unpaired) electrons. The van der Waals surface area contributed by atoms with Crippen LogP contribution in [-0.4, -0.2) is 11.5 Å². The van der Waals surface area contributed by atoms with Crippen LogP contribution < -0.4 is 5.32 Å². The average Bonchev–Trinajstić information content (AvgIpc) is 2.62. The van der Waals surface area contributed by atoms with Crippen molar-refractivity contribution in [2.45, 2.75) is 32.5 Å². The van der Waals surface area contributed by atoms with Crippen molar-refractivity contribution in [2.24, 2.45) is 0 Å². The fraction of sp³-hybridized carbons (Fsp3) is 0.667. The van der Waals surface area contributed by atoms with Crippen molar-refractivity contribution < 1.29 is 13.2 Å². The van der Waals surface area contributed by atoms with Gasteiger partial charge in [0.1, 0.15) is 0 Å². The van der Waals surface area contributed by atoms with Crippen molar-refractivity contribution in [2.75, 3.05) is 6.54 Å². The van der Waals surface area contributed by atoms with E-state index in [0.717, 1.165) is 13.0 Å². The highest BCUT2D eigenvalue weighted by Crippen LogP contribution is 2.34. The Morgan fingerprint density at radius 2 is 2.13 bits per heavy atom. The molecule has 0 aliphatic heterocycles. The van der Waals surface area contributed by atoms with Crippen LogP contribution in [0.5, 0.6) is 0 Å². The largest absolute Gasteiger partial charge is 0.443 e. The summed E-state index contributed by atoms with van der Waals surface area (Å²) >= 11 is 0.714. The Bertz CT molecular complexity index is 309. The Kier molecular flexibility index (Phi) is 4.10. The summed E-state index contributed by atoms with van der Waals surface area (Å²) in [5.41, 5.74) is 0. The second-order valence-electron chi connectivity index (χ2n) is 3.08. The molecule has 1 heterocycles. The summed E-state index contributed by atoms with van der Waals surface area (Å²) in [6.45, 7) is 4.59. The minimum Gasteiger partial charge on any atom is -0.309 e. The average molecular weight is 238 g/mol. The van der Waals surface area contributed by atoms with E-state index in [-0.39, 0.29) is 6.04 Å². The van der Waals surface area contributed by atoms with Gasteiger partial charge in [0.15, 0.2) is 5.01 Å². The van der Waals surface area contributed by atoms with Crippen molar-refractivity contribution in [1.29, 1.82) is 0 Å². The van der Waals surface area contributed by atoms with Crippen LogP contribution in [0.25, 0.3) is 0 Å². The van der Waals surface area contributed by atoms with E-state index in [9.17, 15) is 13.2 Å². The molecule has 6 heteroatoms. The normalized spacial score (nSPS) is 14.2. The molecule has 0 saturated heterocycles. The van der Waals surface area contributed by atoms with Crippen LogP contribution in [0, 0.1) is 0 Å². The zero-order valence-corrected chi connectivity index (χ0v) is 9.37. The second-order valence-corrected chi connectivity index (χ2v) is 4.15. The molecule has 1 N–H and O–H groups in total. The fourth-order valence-corrected chi connectivity index (χ4v) is 2.21. The van der Waals surface area contributed by atoms with Gasteiger partial charge in [-0.2, -0.15) is 13.2 Å². The van der Waals surface area contributed by atoms with Crippen LogP contribution in [0.2, 0.25) is 0 Å². The van der Waals surface area contributed by atoms with Crippen LogP contribution in [0.1, 0.15) is 36.2 Å². The minimum atomic E-state index is -4.33. The van der Waals surface area contributed by atoms with Gasteiger partial charge < -0.3 is 5.32 Å². The van der Waals surface area contributed by atoms with E-state index in [2.05, 4.69) is 10.3 Å². The van der Waals surface area contributed by atoms with Gasteiger partial charge in [-0.15, -0.1) is 11.3 Å². The third kappa shape index (κ3) is 3.17. The molecule has 1 aromatic heterocycles. The van der Waals surface area contributed by atoms with E-state index in [1.54, 1.807) is 0 Å². The lowest BCUT2D eigenvalue weighted by atomic mass is 10.2. The lowest BCUT2D eigenvalue weighted by Gasteiger charge is -2.12. The maximum atomic E-state index is 12.3. The lowest BCUT2D eigenvalue weighted by Crippen LogP contribution is -2.18. The van der Waals surface area contributed by atoms with Gasteiger partial charge in [0.05, 0.1) is 0 Å². The predicted molar refractivity (Wildman–Crippen MR) is 53.8 cm³/mol. The van der Waals surface area contributed by atoms with Gasteiger partial charge in [-0.25, -0.2) is 4.98 Å². The molecular weight excluding hydrogens is 225 g/mol. The number of aromatic nitrogens is 1. The first kappa shape index (κ1) is 12.4. The SMILES string of the molecule is CCNC(CC)c1cnc(C(F)(F)F)s1. The third-order valence-electron chi connectivity index (χ3n) is 1.97. The number of alkyl halides is 3. The Hall–Kier alpha value is -0.620. The minimum absolute atomic E-state index is 0.0244. The highest BCUT2D eigenvalue weighted by Gasteiger charge is 2.35. The van der Waals surface area contributed by atoms with E-state index in [0.29, 0.717) is 16.2 Å².